The Labute approximate surface area is 171 Å². The zero-order valence-corrected chi connectivity index (χ0v) is 16.1. The molecular weight excluding hydrogens is 400 g/mol. The van der Waals surface area contributed by atoms with Crippen molar-refractivity contribution in [2.75, 3.05) is 7.11 Å². The molecule has 0 atom stereocenters. The maximum Gasteiger partial charge on any atom is 0.254 e. The average molecular weight is 416 g/mol. The van der Waals surface area contributed by atoms with Crippen LogP contribution in [0, 0.1) is 11.6 Å². The minimum Gasteiger partial charge on any atom is -0.496 e. The van der Waals surface area contributed by atoms with Crippen molar-refractivity contribution in [2.45, 2.75) is 6.54 Å². The summed E-state index contributed by atoms with van der Waals surface area (Å²) in [6.07, 6.45) is 0.633. The van der Waals surface area contributed by atoms with E-state index in [0.29, 0.717) is 28.7 Å². The SMILES string of the molecule is COc1ccc(-c2cc(C=O)ccc2F)cc1CNC(=O)c1ccc(Cl)cc1F. The maximum atomic E-state index is 14.2. The topological polar surface area (TPSA) is 55.4 Å². The summed E-state index contributed by atoms with van der Waals surface area (Å²) in [6.45, 7) is 0.0207. The molecule has 0 bridgehead atoms. The third kappa shape index (κ3) is 4.60. The molecule has 0 fully saturated rings. The van der Waals surface area contributed by atoms with Gasteiger partial charge in [0, 0.05) is 28.3 Å². The molecule has 0 saturated heterocycles. The molecule has 0 aromatic heterocycles. The maximum absolute atomic E-state index is 14.2. The molecule has 3 aromatic rings. The molecule has 0 saturated carbocycles. The molecule has 0 heterocycles. The van der Waals surface area contributed by atoms with Gasteiger partial charge in [-0.15, -0.1) is 0 Å². The first-order valence-electron chi connectivity index (χ1n) is 8.58. The first-order valence-corrected chi connectivity index (χ1v) is 8.96. The molecule has 0 aliphatic carbocycles. The van der Waals surface area contributed by atoms with Crippen LogP contribution in [-0.2, 0) is 6.54 Å². The lowest BCUT2D eigenvalue weighted by Gasteiger charge is -2.13. The highest BCUT2D eigenvalue weighted by molar-refractivity contribution is 6.30. The van der Waals surface area contributed by atoms with Gasteiger partial charge in [-0.05, 0) is 54.1 Å². The summed E-state index contributed by atoms with van der Waals surface area (Å²) >= 11 is 5.70. The number of rotatable bonds is 6. The van der Waals surface area contributed by atoms with Crippen molar-refractivity contribution in [3.63, 3.8) is 0 Å². The molecule has 148 valence electrons. The van der Waals surface area contributed by atoms with E-state index in [1.165, 1.54) is 37.4 Å². The molecule has 1 amide bonds. The second-order valence-electron chi connectivity index (χ2n) is 6.19. The molecule has 0 spiro atoms. The van der Waals surface area contributed by atoms with Crippen LogP contribution in [0.3, 0.4) is 0 Å². The number of benzene rings is 3. The average Bonchev–Trinajstić information content (AvgIpc) is 2.72. The highest BCUT2D eigenvalue weighted by Crippen LogP contribution is 2.29. The Kier molecular flexibility index (Phi) is 6.24. The van der Waals surface area contributed by atoms with Gasteiger partial charge in [-0.1, -0.05) is 17.7 Å². The quantitative estimate of drug-likeness (QED) is 0.574. The highest BCUT2D eigenvalue weighted by atomic mass is 35.5. The summed E-state index contributed by atoms with van der Waals surface area (Å²) in [5.41, 5.74) is 1.51. The first kappa shape index (κ1) is 20.5. The number of carbonyl (C=O) groups is 2. The zero-order valence-electron chi connectivity index (χ0n) is 15.3. The summed E-state index contributed by atoms with van der Waals surface area (Å²) in [4.78, 5) is 23.3. The van der Waals surface area contributed by atoms with Crippen molar-refractivity contribution in [2.24, 2.45) is 0 Å². The molecule has 3 aromatic carbocycles. The van der Waals surface area contributed by atoms with E-state index >= 15 is 0 Å². The van der Waals surface area contributed by atoms with E-state index in [9.17, 15) is 18.4 Å². The number of methoxy groups -OCH3 is 1. The van der Waals surface area contributed by atoms with Crippen LogP contribution in [0.2, 0.25) is 5.02 Å². The normalized spacial score (nSPS) is 10.5. The third-order valence-corrected chi connectivity index (χ3v) is 4.57. The van der Waals surface area contributed by atoms with Gasteiger partial charge in [0.2, 0.25) is 0 Å². The smallest absolute Gasteiger partial charge is 0.254 e. The van der Waals surface area contributed by atoms with Crippen LogP contribution < -0.4 is 10.1 Å². The number of nitrogens with one attached hydrogen (secondary N) is 1. The predicted molar refractivity (Wildman–Crippen MR) is 106 cm³/mol. The number of carbonyl (C=O) groups excluding carboxylic acids is 2. The number of ether oxygens (including phenoxy) is 1. The largest absolute Gasteiger partial charge is 0.496 e. The number of amides is 1. The second kappa shape index (κ2) is 8.84. The van der Waals surface area contributed by atoms with E-state index in [2.05, 4.69) is 5.32 Å². The summed E-state index contributed by atoms with van der Waals surface area (Å²) in [7, 11) is 1.47. The molecule has 1 N–H and O–H groups in total. The van der Waals surface area contributed by atoms with Crippen molar-refractivity contribution in [1.82, 2.24) is 5.32 Å². The number of halogens is 3. The van der Waals surface area contributed by atoms with E-state index in [0.717, 1.165) is 6.07 Å². The molecule has 3 rings (SSSR count). The summed E-state index contributed by atoms with van der Waals surface area (Å²) < 4.78 is 33.5. The minimum absolute atomic E-state index is 0.0207. The van der Waals surface area contributed by atoms with Gasteiger partial charge in [0.25, 0.3) is 5.91 Å². The van der Waals surface area contributed by atoms with Gasteiger partial charge in [0.1, 0.15) is 23.7 Å². The zero-order chi connectivity index (χ0) is 21.0. The van der Waals surface area contributed by atoms with Crippen LogP contribution in [0.25, 0.3) is 11.1 Å². The van der Waals surface area contributed by atoms with E-state index in [1.807, 2.05) is 0 Å². The van der Waals surface area contributed by atoms with Crippen LogP contribution in [0.15, 0.2) is 54.6 Å². The van der Waals surface area contributed by atoms with Gasteiger partial charge in [-0.2, -0.15) is 0 Å². The van der Waals surface area contributed by atoms with Gasteiger partial charge in [0.05, 0.1) is 12.7 Å². The Morgan fingerprint density at radius 3 is 2.55 bits per heavy atom. The Bertz CT molecular complexity index is 1090. The van der Waals surface area contributed by atoms with E-state index in [1.54, 1.807) is 18.2 Å². The summed E-state index contributed by atoms with van der Waals surface area (Å²) in [5.74, 6) is -1.37. The summed E-state index contributed by atoms with van der Waals surface area (Å²) in [6, 6.07) is 12.7. The van der Waals surface area contributed by atoms with Crippen molar-refractivity contribution >= 4 is 23.8 Å². The molecule has 0 radical (unpaired) electrons. The molecule has 0 unspecified atom stereocenters. The van der Waals surface area contributed by atoms with E-state index in [-0.39, 0.29) is 22.7 Å². The standard InChI is InChI=1S/C22H16ClF2NO3/c1-29-21-7-3-14(18-8-13(12-27)2-6-19(18)24)9-15(21)11-26-22(28)17-5-4-16(23)10-20(17)25/h2-10,12H,11H2,1H3,(H,26,28). The number of aldehydes is 1. The van der Waals surface area contributed by atoms with Crippen molar-refractivity contribution in [1.29, 1.82) is 0 Å². The fourth-order valence-corrected chi connectivity index (χ4v) is 3.02. The van der Waals surface area contributed by atoms with E-state index < -0.39 is 17.5 Å². The fourth-order valence-electron chi connectivity index (χ4n) is 2.87. The minimum atomic E-state index is -0.733. The van der Waals surface area contributed by atoms with Gasteiger partial charge in [-0.3, -0.25) is 9.59 Å². The van der Waals surface area contributed by atoms with Crippen LogP contribution >= 0.6 is 11.6 Å². The molecule has 0 aliphatic rings. The van der Waals surface area contributed by atoms with Crippen LogP contribution in [-0.4, -0.2) is 19.3 Å². The van der Waals surface area contributed by atoms with Gasteiger partial charge < -0.3 is 10.1 Å². The molecule has 0 aliphatic heterocycles. The van der Waals surface area contributed by atoms with Crippen LogP contribution in [0.4, 0.5) is 8.78 Å². The fraction of sp³-hybridized carbons (Fsp3) is 0.0909. The Balaban J connectivity index is 1.88. The molecule has 7 heteroatoms. The number of hydrogen-bond donors (Lipinski definition) is 1. The van der Waals surface area contributed by atoms with Crippen LogP contribution in [0.5, 0.6) is 5.75 Å². The third-order valence-electron chi connectivity index (χ3n) is 4.33. The van der Waals surface area contributed by atoms with Crippen LogP contribution in [0.1, 0.15) is 26.3 Å². The lowest BCUT2D eigenvalue weighted by molar-refractivity contribution is 0.0946. The van der Waals surface area contributed by atoms with Gasteiger partial charge in [0.15, 0.2) is 0 Å². The van der Waals surface area contributed by atoms with Gasteiger partial charge in [-0.25, -0.2) is 8.78 Å². The Hall–Kier alpha value is -3.25. The van der Waals surface area contributed by atoms with Crippen molar-refractivity contribution in [3.8, 4) is 16.9 Å². The van der Waals surface area contributed by atoms with Gasteiger partial charge >= 0.3 is 0 Å². The van der Waals surface area contributed by atoms with Crippen molar-refractivity contribution in [3.05, 3.63) is 87.9 Å². The lowest BCUT2D eigenvalue weighted by atomic mass is 10.00. The highest BCUT2D eigenvalue weighted by Gasteiger charge is 2.14. The van der Waals surface area contributed by atoms with E-state index in [4.69, 9.17) is 16.3 Å². The monoisotopic (exact) mass is 415 g/mol. The summed E-state index contributed by atoms with van der Waals surface area (Å²) in [5, 5.41) is 2.80. The second-order valence-corrected chi connectivity index (χ2v) is 6.63. The lowest BCUT2D eigenvalue weighted by Crippen LogP contribution is -2.24. The Morgan fingerprint density at radius 2 is 1.86 bits per heavy atom. The molecule has 4 nitrogen and oxygen atoms in total. The number of hydrogen-bond acceptors (Lipinski definition) is 3. The predicted octanol–water partition coefficient (Wildman–Crippen LogP) is 5.04. The van der Waals surface area contributed by atoms with Crippen molar-refractivity contribution < 1.29 is 23.1 Å². The molecule has 29 heavy (non-hydrogen) atoms. The Morgan fingerprint density at radius 1 is 1.07 bits per heavy atom. The first-order chi connectivity index (χ1) is 13.9. The molecular formula is C22H16ClF2NO3.